The summed E-state index contributed by atoms with van der Waals surface area (Å²) in [6, 6.07) is 11.1. The van der Waals surface area contributed by atoms with Gasteiger partial charge in [0.1, 0.15) is 17.1 Å². The number of thiazole rings is 1. The van der Waals surface area contributed by atoms with Crippen molar-refractivity contribution >= 4 is 42.6 Å². The highest BCUT2D eigenvalue weighted by atomic mass is 32.2. The highest BCUT2D eigenvalue weighted by Gasteiger charge is 2.31. The summed E-state index contributed by atoms with van der Waals surface area (Å²) < 4.78 is 62.2. The summed E-state index contributed by atoms with van der Waals surface area (Å²) in [4.78, 5) is 19.3. The van der Waals surface area contributed by atoms with E-state index in [0.717, 1.165) is 49.5 Å². The van der Waals surface area contributed by atoms with Crippen LogP contribution < -0.4 is 4.90 Å². The summed E-state index contributed by atoms with van der Waals surface area (Å²) in [6.07, 6.45) is 6.30. The van der Waals surface area contributed by atoms with E-state index < -0.39 is 27.6 Å². The largest absolute Gasteiger partial charge is 0.467 e. The molecule has 1 saturated carbocycles. The Bertz CT molecular complexity index is 1530. The van der Waals surface area contributed by atoms with E-state index in [-0.39, 0.29) is 38.4 Å². The van der Waals surface area contributed by atoms with Crippen molar-refractivity contribution in [1.82, 2.24) is 9.29 Å². The third-order valence-corrected chi connectivity index (χ3v) is 9.84. The van der Waals surface area contributed by atoms with E-state index in [4.69, 9.17) is 4.42 Å². The van der Waals surface area contributed by atoms with Gasteiger partial charge in [-0.15, -0.1) is 0 Å². The maximum atomic E-state index is 14.3. The van der Waals surface area contributed by atoms with Crippen LogP contribution in [0.3, 0.4) is 0 Å². The van der Waals surface area contributed by atoms with Crippen LogP contribution in [-0.2, 0) is 16.6 Å². The molecular weight excluding hydrogens is 532 g/mol. The molecule has 200 valence electrons. The van der Waals surface area contributed by atoms with Crippen molar-refractivity contribution in [3.8, 4) is 0 Å². The van der Waals surface area contributed by atoms with Gasteiger partial charge in [-0.25, -0.2) is 22.2 Å². The first-order valence-electron chi connectivity index (χ1n) is 12.5. The molecule has 5 rings (SSSR count). The van der Waals surface area contributed by atoms with Crippen molar-refractivity contribution < 1.29 is 26.4 Å². The highest BCUT2D eigenvalue weighted by Crippen LogP contribution is 2.33. The molecule has 11 heteroatoms. The Labute approximate surface area is 223 Å². The van der Waals surface area contributed by atoms with E-state index in [1.165, 1.54) is 41.5 Å². The number of carbonyl (C=O) groups excluding carboxylic acids is 1. The first kappa shape index (κ1) is 26.5. The molecule has 0 unspecified atom stereocenters. The lowest BCUT2D eigenvalue weighted by Gasteiger charge is -2.32. The molecule has 0 bridgehead atoms. The predicted octanol–water partition coefficient (Wildman–Crippen LogP) is 6.36. The first-order chi connectivity index (χ1) is 18.3. The minimum Gasteiger partial charge on any atom is -0.467 e. The Kier molecular flexibility index (Phi) is 7.60. The molecule has 2 aromatic heterocycles. The summed E-state index contributed by atoms with van der Waals surface area (Å²) in [6.45, 7) is 2.21. The molecule has 0 radical (unpaired) electrons. The van der Waals surface area contributed by atoms with Gasteiger partial charge < -0.3 is 4.42 Å². The van der Waals surface area contributed by atoms with Gasteiger partial charge in [0.15, 0.2) is 10.9 Å². The lowest BCUT2D eigenvalue weighted by molar-refractivity contribution is 0.0983. The van der Waals surface area contributed by atoms with Crippen LogP contribution in [0.1, 0.15) is 55.1 Å². The van der Waals surface area contributed by atoms with Gasteiger partial charge in [-0.2, -0.15) is 4.31 Å². The third kappa shape index (κ3) is 5.23. The van der Waals surface area contributed by atoms with Crippen LogP contribution in [0.2, 0.25) is 0 Å². The minimum atomic E-state index is -3.73. The van der Waals surface area contributed by atoms with Crippen molar-refractivity contribution in [3.05, 3.63) is 77.8 Å². The van der Waals surface area contributed by atoms with E-state index in [1.54, 1.807) is 16.4 Å². The molecule has 1 aliphatic carbocycles. The molecule has 1 aliphatic rings. The number of sulfonamides is 1. The van der Waals surface area contributed by atoms with Gasteiger partial charge in [0, 0.05) is 24.2 Å². The summed E-state index contributed by atoms with van der Waals surface area (Å²) in [7, 11) is -3.73. The molecule has 0 saturated heterocycles. The second-order valence-corrected chi connectivity index (χ2v) is 12.1. The van der Waals surface area contributed by atoms with E-state index >= 15 is 0 Å². The Morgan fingerprint density at radius 3 is 2.50 bits per heavy atom. The fourth-order valence-electron chi connectivity index (χ4n) is 4.90. The van der Waals surface area contributed by atoms with Crippen LogP contribution in [0.25, 0.3) is 10.2 Å². The van der Waals surface area contributed by atoms with Crippen molar-refractivity contribution in [2.75, 3.05) is 11.4 Å². The van der Waals surface area contributed by atoms with E-state index in [2.05, 4.69) is 4.98 Å². The molecular formula is C27H27F2N3O4S2. The summed E-state index contributed by atoms with van der Waals surface area (Å²) in [5.74, 6) is -1.57. The number of nitrogens with zero attached hydrogens (tertiary/aromatic N) is 3. The quantitative estimate of drug-likeness (QED) is 0.251. The van der Waals surface area contributed by atoms with Crippen LogP contribution in [0.15, 0.2) is 64.1 Å². The van der Waals surface area contributed by atoms with E-state index in [9.17, 15) is 22.0 Å². The number of hydrogen-bond acceptors (Lipinski definition) is 6. The molecule has 0 atom stereocenters. The maximum Gasteiger partial charge on any atom is 0.260 e. The fraction of sp³-hybridized carbons (Fsp3) is 0.333. The SMILES string of the molecule is CCN(C1CCCCC1)S(=O)(=O)c1ccc(C(=O)N(Cc2ccco2)c2nc3c(F)cc(F)cc3s2)cc1. The number of halogens is 2. The maximum absolute atomic E-state index is 14.3. The first-order valence-corrected chi connectivity index (χ1v) is 14.8. The Balaban J connectivity index is 1.46. The van der Waals surface area contributed by atoms with Crippen LogP contribution in [0.4, 0.5) is 13.9 Å². The predicted molar refractivity (Wildman–Crippen MR) is 142 cm³/mol. The van der Waals surface area contributed by atoms with E-state index in [0.29, 0.717) is 12.3 Å². The fourth-order valence-corrected chi connectivity index (χ4v) is 7.60. The topological polar surface area (TPSA) is 83.7 Å². The molecule has 2 aromatic carbocycles. The molecule has 7 nitrogen and oxygen atoms in total. The number of aromatic nitrogens is 1. The Hall–Kier alpha value is -3.15. The van der Waals surface area contributed by atoms with Gasteiger partial charge in [0.25, 0.3) is 5.91 Å². The molecule has 0 aliphatic heterocycles. The van der Waals surface area contributed by atoms with Crippen molar-refractivity contribution in [1.29, 1.82) is 0 Å². The van der Waals surface area contributed by atoms with Gasteiger partial charge >= 0.3 is 0 Å². The number of amides is 1. The summed E-state index contributed by atoms with van der Waals surface area (Å²) in [5.41, 5.74) is 0.189. The van der Waals surface area contributed by atoms with Gasteiger partial charge in [-0.1, -0.05) is 37.5 Å². The number of anilines is 1. The van der Waals surface area contributed by atoms with Crippen molar-refractivity contribution in [2.45, 2.75) is 56.5 Å². The van der Waals surface area contributed by atoms with Crippen LogP contribution >= 0.6 is 11.3 Å². The summed E-state index contributed by atoms with van der Waals surface area (Å²) >= 11 is 0.978. The molecule has 0 spiro atoms. The molecule has 1 amide bonds. The van der Waals surface area contributed by atoms with Crippen LogP contribution in [0, 0.1) is 11.6 Å². The highest BCUT2D eigenvalue weighted by molar-refractivity contribution is 7.89. The van der Waals surface area contributed by atoms with Crippen LogP contribution in [-0.4, -0.2) is 36.2 Å². The Morgan fingerprint density at radius 2 is 1.84 bits per heavy atom. The molecule has 38 heavy (non-hydrogen) atoms. The number of hydrogen-bond donors (Lipinski definition) is 0. The molecule has 1 fully saturated rings. The normalized spacial score (nSPS) is 14.8. The standard InChI is InChI=1S/C27H27F2N3O4S2/c1-2-32(20-7-4-3-5-8-20)38(34,35)22-12-10-18(11-13-22)26(33)31(17-21-9-6-14-36-21)27-30-25-23(29)15-19(28)16-24(25)37-27/h6,9-16,20H,2-5,7-8,17H2,1H3. The molecule has 2 heterocycles. The average Bonchev–Trinajstić information content (AvgIpc) is 3.58. The third-order valence-electron chi connectivity index (χ3n) is 6.77. The minimum absolute atomic E-state index is 0.00109. The smallest absolute Gasteiger partial charge is 0.260 e. The molecule has 0 N–H and O–H groups in total. The summed E-state index contributed by atoms with van der Waals surface area (Å²) in [5, 5.41) is 0.164. The second-order valence-electron chi connectivity index (χ2n) is 9.23. The molecule has 4 aromatic rings. The number of carbonyl (C=O) groups is 1. The number of fused-ring (bicyclic) bond motifs is 1. The monoisotopic (exact) mass is 559 g/mol. The second kappa shape index (κ2) is 10.9. The van der Waals surface area contributed by atoms with E-state index in [1.807, 2.05) is 6.92 Å². The lowest BCUT2D eigenvalue weighted by atomic mass is 9.95. The number of rotatable bonds is 8. The lowest BCUT2D eigenvalue weighted by Crippen LogP contribution is -2.41. The Morgan fingerprint density at radius 1 is 1.11 bits per heavy atom. The van der Waals surface area contributed by atoms with Gasteiger partial charge in [-0.05, 0) is 55.3 Å². The zero-order valence-corrected chi connectivity index (χ0v) is 22.4. The van der Waals surface area contributed by atoms with Gasteiger partial charge in [-0.3, -0.25) is 9.69 Å². The zero-order chi connectivity index (χ0) is 26.9. The average molecular weight is 560 g/mol. The van der Waals surface area contributed by atoms with Crippen molar-refractivity contribution in [2.24, 2.45) is 0 Å². The number of furan rings is 1. The van der Waals surface area contributed by atoms with Gasteiger partial charge in [0.05, 0.1) is 22.4 Å². The van der Waals surface area contributed by atoms with Crippen molar-refractivity contribution in [3.63, 3.8) is 0 Å². The van der Waals surface area contributed by atoms with Crippen LogP contribution in [0.5, 0.6) is 0 Å². The number of benzene rings is 2. The zero-order valence-electron chi connectivity index (χ0n) is 20.8. The van der Waals surface area contributed by atoms with Gasteiger partial charge in [0.2, 0.25) is 10.0 Å².